The predicted molar refractivity (Wildman–Crippen MR) is 58.7 cm³/mol. The SMILES string of the molecule is CC(C)(C)C1CCCCCC1Br. The fraction of sp³-hybridized carbons (Fsp3) is 1.00. The molecule has 1 rings (SSSR count). The minimum Gasteiger partial charge on any atom is -0.0887 e. The van der Waals surface area contributed by atoms with Crippen LogP contribution in [-0.4, -0.2) is 4.83 Å². The summed E-state index contributed by atoms with van der Waals surface area (Å²) < 4.78 is 0. The van der Waals surface area contributed by atoms with E-state index in [0.717, 1.165) is 10.7 Å². The van der Waals surface area contributed by atoms with Gasteiger partial charge in [-0.2, -0.15) is 0 Å². The molecule has 0 aliphatic heterocycles. The van der Waals surface area contributed by atoms with Gasteiger partial charge in [0.1, 0.15) is 0 Å². The van der Waals surface area contributed by atoms with Crippen LogP contribution in [0.3, 0.4) is 0 Å². The molecule has 0 bridgehead atoms. The van der Waals surface area contributed by atoms with Gasteiger partial charge in [-0.05, 0) is 24.2 Å². The number of rotatable bonds is 0. The Morgan fingerprint density at radius 1 is 1.00 bits per heavy atom. The summed E-state index contributed by atoms with van der Waals surface area (Å²) in [5.41, 5.74) is 0.485. The second-order valence-corrected chi connectivity index (χ2v) is 6.30. The van der Waals surface area contributed by atoms with Crippen LogP contribution in [0.5, 0.6) is 0 Å². The van der Waals surface area contributed by atoms with E-state index >= 15 is 0 Å². The molecule has 0 aromatic heterocycles. The Labute approximate surface area is 85.3 Å². The molecule has 12 heavy (non-hydrogen) atoms. The summed E-state index contributed by atoms with van der Waals surface area (Å²) in [6.07, 6.45) is 7.09. The third kappa shape index (κ3) is 2.76. The van der Waals surface area contributed by atoms with Crippen molar-refractivity contribution in [1.29, 1.82) is 0 Å². The average Bonchev–Trinajstić information content (AvgIpc) is 2.11. The lowest BCUT2D eigenvalue weighted by atomic mass is 9.76. The molecule has 0 N–H and O–H groups in total. The van der Waals surface area contributed by atoms with Gasteiger partial charge >= 0.3 is 0 Å². The van der Waals surface area contributed by atoms with Gasteiger partial charge in [0.15, 0.2) is 0 Å². The molecule has 72 valence electrons. The molecular formula is C11H21Br. The van der Waals surface area contributed by atoms with Crippen LogP contribution in [0.25, 0.3) is 0 Å². The summed E-state index contributed by atoms with van der Waals surface area (Å²) in [5.74, 6) is 0.875. The molecule has 1 fully saturated rings. The molecule has 2 atom stereocenters. The third-order valence-electron chi connectivity index (χ3n) is 3.04. The minimum atomic E-state index is 0.485. The first kappa shape index (κ1) is 10.6. The Morgan fingerprint density at radius 3 is 2.17 bits per heavy atom. The second kappa shape index (κ2) is 4.13. The van der Waals surface area contributed by atoms with E-state index in [1.165, 1.54) is 32.1 Å². The molecule has 2 unspecified atom stereocenters. The molecule has 0 aromatic rings. The predicted octanol–water partition coefficient (Wildman–Crippen LogP) is 4.38. The van der Waals surface area contributed by atoms with E-state index in [1.54, 1.807) is 0 Å². The summed E-state index contributed by atoms with van der Waals surface area (Å²) in [6, 6.07) is 0. The van der Waals surface area contributed by atoms with Crippen LogP contribution in [-0.2, 0) is 0 Å². The molecule has 0 spiro atoms. The van der Waals surface area contributed by atoms with Crippen molar-refractivity contribution >= 4 is 15.9 Å². The first-order chi connectivity index (χ1) is 5.52. The minimum absolute atomic E-state index is 0.485. The van der Waals surface area contributed by atoms with Gasteiger partial charge in [-0.15, -0.1) is 0 Å². The number of hydrogen-bond donors (Lipinski definition) is 0. The average molecular weight is 233 g/mol. The van der Waals surface area contributed by atoms with Crippen LogP contribution in [0, 0.1) is 11.3 Å². The van der Waals surface area contributed by atoms with Crippen LogP contribution >= 0.6 is 15.9 Å². The smallest absolute Gasteiger partial charge is 0.0179 e. The summed E-state index contributed by atoms with van der Waals surface area (Å²) >= 11 is 3.84. The highest BCUT2D eigenvalue weighted by Gasteiger charge is 2.31. The lowest BCUT2D eigenvalue weighted by molar-refractivity contribution is 0.224. The maximum atomic E-state index is 3.84. The molecule has 1 heteroatoms. The molecule has 0 aromatic carbocycles. The van der Waals surface area contributed by atoms with Crippen LogP contribution in [0.2, 0.25) is 0 Å². The van der Waals surface area contributed by atoms with E-state index in [9.17, 15) is 0 Å². The maximum Gasteiger partial charge on any atom is 0.0179 e. The van der Waals surface area contributed by atoms with Gasteiger partial charge in [0, 0.05) is 4.83 Å². The van der Waals surface area contributed by atoms with E-state index in [2.05, 4.69) is 36.7 Å². The Balaban J connectivity index is 2.59. The topological polar surface area (TPSA) is 0 Å². The highest BCUT2D eigenvalue weighted by Crippen LogP contribution is 2.40. The molecule has 1 aliphatic rings. The largest absolute Gasteiger partial charge is 0.0887 e. The van der Waals surface area contributed by atoms with Crippen molar-refractivity contribution in [2.75, 3.05) is 0 Å². The Hall–Kier alpha value is 0.480. The fourth-order valence-corrected chi connectivity index (χ4v) is 3.62. The van der Waals surface area contributed by atoms with Gasteiger partial charge in [0.2, 0.25) is 0 Å². The number of alkyl halides is 1. The molecule has 0 amide bonds. The zero-order chi connectivity index (χ0) is 9.19. The summed E-state index contributed by atoms with van der Waals surface area (Å²) in [7, 11) is 0. The van der Waals surface area contributed by atoms with Gasteiger partial charge in [0.05, 0.1) is 0 Å². The van der Waals surface area contributed by atoms with E-state index in [4.69, 9.17) is 0 Å². The van der Waals surface area contributed by atoms with Crippen molar-refractivity contribution in [1.82, 2.24) is 0 Å². The van der Waals surface area contributed by atoms with Gasteiger partial charge < -0.3 is 0 Å². The van der Waals surface area contributed by atoms with Gasteiger partial charge in [-0.3, -0.25) is 0 Å². The molecule has 1 saturated carbocycles. The van der Waals surface area contributed by atoms with E-state index in [0.29, 0.717) is 5.41 Å². The third-order valence-corrected chi connectivity index (χ3v) is 4.14. The van der Waals surface area contributed by atoms with E-state index < -0.39 is 0 Å². The normalized spacial score (nSPS) is 33.0. The van der Waals surface area contributed by atoms with Gasteiger partial charge in [-0.25, -0.2) is 0 Å². The van der Waals surface area contributed by atoms with Crippen molar-refractivity contribution in [2.24, 2.45) is 11.3 Å². The zero-order valence-corrected chi connectivity index (χ0v) is 10.2. The summed E-state index contributed by atoms with van der Waals surface area (Å²) in [4.78, 5) is 0.764. The second-order valence-electron chi connectivity index (χ2n) is 5.13. The Bertz CT molecular complexity index is 134. The standard InChI is InChI=1S/C11H21Br/c1-11(2,3)9-7-5-4-6-8-10(9)12/h9-10H,4-8H2,1-3H3. The Kier molecular flexibility index (Phi) is 3.63. The van der Waals surface area contributed by atoms with Crippen LogP contribution < -0.4 is 0 Å². The number of hydrogen-bond acceptors (Lipinski definition) is 0. The lowest BCUT2D eigenvalue weighted by Crippen LogP contribution is -2.27. The summed E-state index contributed by atoms with van der Waals surface area (Å²) in [5, 5.41) is 0. The quantitative estimate of drug-likeness (QED) is 0.430. The molecule has 0 saturated heterocycles. The van der Waals surface area contributed by atoms with Crippen molar-refractivity contribution in [3.63, 3.8) is 0 Å². The van der Waals surface area contributed by atoms with Crippen LogP contribution in [0.15, 0.2) is 0 Å². The van der Waals surface area contributed by atoms with Gasteiger partial charge in [0.25, 0.3) is 0 Å². The number of halogens is 1. The molecule has 0 nitrogen and oxygen atoms in total. The molecule has 1 aliphatic carbocycles. The van der Waals surface area contributed by atoms with Crippen molar-refractivity contribution in [3.8, 4) is 0 Å². The molecule has 0 radical (unpaired) electrons. The molecular weight excluding hydrogens is 212 g/mol. The first-order valence-corrected chi connectivity index (χ1v) is 6.07. The summed E-state index contributed by atoms with van der Waals surface area (Å²) in [6.45, 7) is 7.12. The maximum absolute atomic E-state index is 3.84. The van der Waals surface area contributed by atoms with Crippen LogP contribution in [0.1, 0.15) is 52.9 Å². The van der Waals surface area contributed by atoms with E-state index in [-0.39, 0.29) is 0 Å². The monoisotopic (exact) mass is 232 g/mol. The highest BCUT2D eigenvalue weighted by atomic mass is 79.9. The van der Waals surface area contributed by atoms with Crippen molar-refractivity contribution in [3.05, 3.63) is 0 Å². The lowest BCUT2D eigenvalue weighted by Gasteiger charge is -2.33. The fourth-order valence-electron chi connectivity index (χ4n) is 2.24. The van der Waals surface area contributed by atoms with Crippen molar-refractivity contribution < 1.29 is 0 Å². The zero-order valence-electron chi connectivity index (χ0n) is 8.57. The van der Waals surface area contributed by atoms with Crippen molar-refractivity contribution in [2.45, 2.75) is 57.7 Å². The van der Waals surface area contributed by atoms with E-state index in [1.807, 2.05) is 0 Å². The first-order valence-electron chi connectivity index (χ1n) is 5.16. The van der Waals surface area contributed by atoms with Gasteiger partial charge in [-0.1, -0.05) is 56.0 Å². The molecule has 0 heterocycles. The highest BCUT2D eigenvalue weighted by molar-refractivity contribution is 9.09. The Morgan fingerprint density at radius 2 is 1.58 bits per heavy atom. The van der Waals surface area contributed by atoms with Crippen LogP contribution in [0.4, 0.5) is 0 Å².